The van der Waals surface area contributed by atoms with Gasteiger partial charge in [0.05, 0.1) is 17.1 Å². The van der Waals surface area contributed by atoms with Crippen molar-refractivity contribution in [1.82, 2.24) is 9.80 Å². The van der Waals surface area contributed by atoms with E-state index in [0.717, 1.165) is 0 Å². The number of hydrogen-bond acceptors (Lipinski definition) is 4. The minimum Gasteiger partial charge on any atom is -0.409 e. The Bertz CT molecular complexity index is 559. The van der Waals surface area contributed by atoms with Crippen LogP contribution in [0.4, 0.5) is 4.39 Å². The highest BCUT2D eigenvalue weighted by atomic mass is 35.5. The molecular formula is C13H16ClFN4O2. The van der Waals surface area contributed by atoms with Crippen LogP contribution in [0.3, 0.4) is 0 Å². The number of oxime groups is 1. The Labute approximate surface area is 126 Å². The topological polar surface area (TPSA) is 82.2 Å². The Morgan fingerprint density at radius 1 is 1.38 bits per heavy atom. The average Bonchev–Trinajstić information content (AvgIpc) is 2.50. The van der Waals surface area contributed by atoms with Crippen molar-refractivity contribution < 1.29 is 14.4 Å². The van der Waals surface area contributed by atoms with Crippen LogP contribution < -0.4 is 5.73 Å². The predicted octanol–water partition coefficient (Wildman–Crippen LogP) is 0.983. The molecule has 0 aliphatic carbocycles. The Hall–Kier alpha value is -1.86. The zero-order chi connectivity index (χ0) is 15.4. The Morgan fingerprint density at radius 3 is 2.67 bits per heavy atom. The van der Waals surface area contributed by atoms with E-state index in [0.29, 0.717) is 32.7 Å². The minimum absolute atomic E-state index is 0.0209. The molecule has 2 rings (SSSR count). The highest BCUT2D eigenvalue weighted by Crippen LogP contribution is 2.19. The first-order chi connectivity index (χ1) is 10.0. The monoisotopic (exact) mass is 314 g/mol. The molecule has 0 atom stereocenters. The average molecular weight is 315 g/mol. The summed E-state index contributed by atoms with van der Waals surface area (Å²) in [7, 11) is 0. The summed E-state index contributed by atoms with van der Waals surface area (Å²) in [6.07, 6.45) is 0. The van der Waals surface area contributed by atoms with E-state index in [-0.39, 0.29) is 22.3 Å². The lowest BCUT2D eigenvalue weighted by Gasteiger charge is -2.34. The van der Waals surface area contributed by atoms with Crippen LogP contribution in [0.1, 0.15) is 10.4 Å². The summed E-state index contributed by atoms with van der Waals surface area (Å²) in [5.74, 6) is -0.947. The second kappa shape index (κ2) is 6.73. The third kappa shape index (κ3) is 3.62. The number of halogens is 2. The number of rotatable bonds is 3. The molecule has 1 aromatic carbocycles. The highest BCUT2D eigenvalue weighted by molar-refractivity contribution is 6.31. The van der Waals surface area contributed by atoms with Gasteiger partial charge < -0.3 is 15.8 Å². The van der Waals surface area contributed by atoms with Gasteiger partial charge in [-0.2, -0.15) is 0 Å². The van der Waals surface area contributed by atoms with Crippen LogP contribution in [-0.2, 0) is 0 Å². The van der Waals surface area contributed by atoms with Crippen LogP contribution in [0.2, 0.25) is 5.02 Å². The number of piperazine rings is 1. The molecule has 6 nitrogen and oxygen atoms in total. The first kappa shape index (κ1) is 15.5. The number of benzene rings is 1. The number of nitrogens with two attached hydrogens (primary N) is 1. The normalized spacial score (nSPS) is 17.0. The number of carbonyl (C=O) groups is 1. The number of amides is 1. The minimum atomic E-state index is -0.691. The summed E-state index contributed by atoms with van der Waals surface area (Å²) < 4.78 is 13.9. The molecule has 1 aliphatic rings. The Balaban J connectivity index is 1.99. The van der Waals surface area contributed by atoms with E-state index < -0.39 is 5.82 Å². The molecule has 3 N–H and O–H groups in total. The smallest absolute Gasteiger partial charge is 0.256 e. The van der Waals surface area contributed by atoms with Crippen LogP contribution in [-0.4, -0.2) is 59.5 Å². The van der Waals surface area contributed by atoms with E-state index in [2.05, 4.69) is 5.16 Å². The molecule has 8 heteroatoms. The van der Waals surface area contributed by atoms with Gasteiger partial charge in [0.2, 0.25) is 0 Å². The number of nitrogens with zero attached hydrogens (tertiary/aromatic N) is 3. The van der Waals surface area contributed by atoms with Gasteiger partial charge in [-0.25, -0.2) is 4.39 Å². The fraction of sp³-hybridized carbons (Fsp3) is 0.385. The number of amidine groups is 1. The van der Waals surface area contributed by atoms with Gasteiger partial charge in [0, 0.05) is 26.2 Å². The molecular weight excluding hydrogens is 299 g/mol. The van der Waals surface area contributed by atoms with Crippen LogP contribution in [0, 0.1) is 5.82 Å². The van der Waals surface area contributed by atoms with Crippen molar-refractivity contribution in [2.24, 2.45) is 10.9 Å². The van der Waals surface area contributed by atoms with Gasteiger partial charge in [-0.3, -0.25) is 9.69 Å². The van der Waals surface area contributed by atoms with E-state index >= 15 is 0 Å². The summed E-state index contributed by atoms with van der Waals surface area (Å²) >= 11 is 5.69. The van der Waals surface area contributed by atoms with E-state index in [1.165, 1.54) is 12.1 Å². The second-order valence-corrected chi connectivity index (χ2v) is 5.17. The molecule has 21 heavy (non-hydrogen) atoms. The zero-order valence-corrected chi connectivity index (χ0v) is 12.1. The lowest BCUT2D eigenvalue weighted by Crippen LogP contribution is -2.50. The van der Waals surface area contributed by atoms with Gasteiger partial charge in [0.1, 0.15) is 0 Å². The second-order valence-electron chi connectivity index (χ2n) is 4.76. The maximum atomic E-state index is 13.9. The molecule has 1 amide bonds. The van der Waals surface area contributed by atoms with Crippen molar-refractivity contribution in [1.29, 1.82) is 0 Å². The summed E-state index contributed by atoms with van der Waals surface area (Å²) in [5, 5.41) is 11.4. The first-order valence-corrected chi connectivity index (χ1v) is 6.82. The summed E-state index contributed by atoms with van der Waals surface area (Å²) in [4.78, 5) is 15.8. The Morgan fingerprint density at radius 2 is 2.05 bits per heavy atom. The first-order valence-electron chi connectivity index (χ1n) is 6.45. The fourth-order valence-electron chi connectivity index (χ4n) is 2.21. The van der Waals surface area contributed by atoms with E-state index in [1.807, 2.05) is 4.90 Å². The third-order valence-electron chi connectivity index (χ3n) is 3.36. The van der Waals surface area contributed by atoms with Crippen molar-refractivity contribution in [3.63, 3.8) is 0 Å². The van der Waals surface area contributed by atoms with Gasteiger partial charge in [0.25, 0.3) is 5.91 Å². The maximum Gasteiger partial charge on any atom is 0.256 e. The molecule has 0 radical (unpaired) electrons. The summed E-state index contributed by atoms with van der Waals surface area (Å²) in [5.41, 5.74) is 5.42. The molecule has 0 saturated carbocycles. The summed E-state index contributed by atoms with van der Waals surface area (Å²) in [6.45, 7) is 2.38. The van der Waals surface area contributed by atoms with Gasteiger partial charge in [-0.15, -0.1) is 0 Å². The number of hydrogen-bond donors (Lipinski definition) is 2. The third-order valence-corrected chi connectivity index (χ3v) is 3.65. The standard InChI is InChI=1S/C13H16ClFN4O2/c14-10-3-1-2-9(12(10)15)13(20)19-6-4-18(5-7-19)8-11(16)17-21/h1-3,21H,4-8H2,(H2,16,17). The molecule has 1 saturated heterocycles. The zero-order valence-electron chi connectivity index (χ0n) is 11.3. The Kier molecular flexibility index (Phi) is 4.98. The van der Waals surface area contributed by atoms with Crippen LogP contribution in [0.5, 0.6) is 0 Å². The van der Waals surface area contributed by atoms with Crippen molar-refractivity contribution in [2.45, 2.75) is 0 Å². The molecule has 1 fully saturated rings. The van der Waals surface area contributed by atoms with Crippen LogP contribution in [0.25, 0.3) is 0 Å². The quantitative estimate of drug-likeness (QED) is 0.377. The lowest BCUT2D eigenvalue weighted by atomic mass is 10.1. The van der Waals surface area contributed by atoms with Gasteiger partial charge >= 0.3 is 0 Å². The summed E-state index contributed by atoms with van der Waals surface area (Å²) in [6, 6.07) is 4.38. The number of carbonyl (C=O) groups excluding carboxylic acids is 1. The molecule has 1 aromatic rings. The van der Waals surface area contributed by atoms with Gasteiger partial charge in [0.15, 0.2) is 11.7 Å². The van der Waals surface area contributed by atoms with Gasteiger partial charge in [-0.05, 0) is 12.1 Å². The maximum absolute atomic E-state index is 13.9. The van der Waals surface area contributed by atoms with E-state index in [4.69, 9.17) is 22.5 Å². The fourth-order valence-corrected chi connectivity index (χ4v) is 2.38. The predicted molar refractivity (Wildman–Crippen MR) is 77.2 cm³/mol. The van der Waals surface area contributed by atoms with Crippen LogP contribution in [0.15, 0.2) is 23.4 Å². The van der Waals surface area contributed by atoms with E-state index in [9.17, 15) is 9.18 Å². The van der Waals surface area contributed by atoms with Gasteiger partial charge in [-0.1, -0.05) is 22.8 Å². The molecule has 1 heterocycles. The highest BCUT2D eigenvalue weighted by Gasteiger charge is 2.25. The molecule has 114 valence electrons. The largest absolute Gasteiger partial charge is 0.409 e. The molecule has 0 aromatic heterocycles. The molecule has 1 aliphatic heterocycles. The lowest BCUT2D eigenvalue weighted by molar-refractivity contribution is 0.0648. The van der Waals surface area contributed by atoms with Crippen molar-refractivity contribution in [2.75, 3.05) is 32.7 Å². The molecule has 0 spiro atoms. The van der Waals surface area contributed by atoms with Crippen molar-refractivity contribution >= 4 is 23.3 Å². The van der Waals surface area contributed by atoms with Crippen LogP contribution >= 0.6 is 11.6 Å². The molecule has 0 bridgehead atoms. The van der Waals surface area contributed by atoms with E-state index in [1.54, 1.807) is 11.0 Å². The van der Waals surface area contributed by atoms with Crippen molar-refractivity contribution in [3.8, 4) is 0 Å². The SMILES string of the molecule is N/C(CN1CCN(C(=O)c2cccc(Cl)c2F)CC1)=N/O. The molecule has 0 unspecified atom stereocenters. The van der Waals surface area contributed by atoms with Crippen molar-refractivity contribution in [3.05, 3.63) is 34.6 Å².